The molecular formula is C28H44O2Si2. The van der Waals surface area contributed by atoms with Crippen LogP contribution in [0.15, 0.2) is 55.1 Å². The molecule has 2 aromatic rings. The van der Waals surface area contributed by atoms with Crippen molar-refractivity contribution in [3.8, 4) is 0 Å². The van der Waals surface area contributed by atoms with Gasteiger partial charge in [0.05, 0.1) is 13.2 Å². The SMILES string of the molecule is C=C(c1cccc(CO[SiH2]C(C)(C)C(C)C)c1)c1cccc(CO[SiH2]C(C)(C)C(C)C)c1. The fourth-order valence-electron chi connectivity index (χ4n) is 3.06. The number of rotatable bonds is 12. The molecule has 2 nitrogen and oxygen atoms in total. The summed E-state index contributed by atoms with van der Waals surface area (Å²) in [6, 6.07) is 17.3. The van der Waals surface area contributed by atoms with E-state index in [0.29, 0.717) is 35.1 Å². The first-order chi connectivity index (χ1) is 14.9. The Kier molecular flexibility index (Phi) is 9.71. The summed E-state index contributed by atoms with van der Waals surface area (Å²) in [5.74, 6) is 1.30. The van der Waals surface area contributed by atoms with Crippen LogP contribution in [0.1, 0.15) is 77.6 Å². The van der Waals surface area contributed by atoms with E-state index in [1.165, 1.54) is 11.1 Å². The lowest BCUT2D eigenvalue weighted by Gasteiger charge is -2.28. The normalized spacial score (nSPS) is 13.3. The molecule has 32 heavy (non-hydrogen) atoms. The Hall–Kier alpha value is -1.47. The second-order valence-corrected chi connectivity index (χ2v) is 16.2. The van der Waals surface area contributed by atoms with Crippen LogP contribution < -0.4 is 0 Å². The van der Waals surface area contributed by atoms with Gasteiger partial charge >= 0.3 is 0 Å². The van der Waals surface area contributed by atoms with Crippen molar-refractivity contribution in [2.24, 2.45) is 11.8 Å². The van der Waals surface area contributed by atoms with E-state index in [0.717, 1.165) is 16.7 Å². The van der Waals surface area contributed by atoms with Gasteiger partial charge in [-0.25, -0.2) is 0 Å². The first-order valence-corrected chi connectivity index (χ1v) is 14.5. The molecule has 0 aliphatic heterocycles. The summed E-state index contributed by atoms with van der Waals surface area (Å²) in [5, 5.41) is 0.633. The lowest BCUT2D eigenvalue weighted by molar-refractivity contribution is 0.291. The van der Waals surface area contributed by atoms with Crippen molar-refractivity contribution < 1.29 is 8.85 Å². The lowest BCUT2D eigenvalue weighted by atomic mass is 9.97. The fraction of sp³-hybridized carbons (Fsp3) is 0.500. The first-order valence-electron chi connectivity index (χ1n) is 12.0. The van der Waals surface area contributed by atoms with Gasteiger partial charge in [0.2, 0.25) is 0 Å². The Bertz CT molecular complexity index is 813. The van der Waals surface area contributed by atoms with Gasteiger partial charge in [-0.15, -0.1) is 0 Å². The predicted molar refractivity (Wildman–Crippen MR) is 145 cm³/mol. The summed E-state index contributed by atoms with van der Waals surface area (Å²) in [5.41, 5.74) is 5.80. The number of hydrogen-bond acceptors (Lipinski definition) is 2. The third-order valence-electron chi connectivity index (χ3n) is 7.16. The zero-order valence-corrected chi connectivity index (χ0v) is 24.5. The van der Waals surface area contributed by atoms with Crippen molar-refractivity contribution in [1.29, 1.82) is 0 Å². The number of hydrogen-bond donors (Lipinski definition) is 0. The molecule has 0 N–H and O–H groups in total. The molecule has 0 unspecified atom stereocenters. The monoisotopic (exact) mass is 468 g/mol. The van der Waals surface area contributed by atoms with Crippen LogP contribution in [0.25, 0.3) is 5.57 Å². The summed E-state index contributed by atoms with van der Waals surface area (Å²) < 4.78 is 12.4. The van der Waals surface area contributed by atoms with E-state index in [4.69, 9.17) is 8.85 Å². The number of benzene rings is 2. The minimum atomic E-state index is -0.597. The molecule has 0 spiro atoms. The molecule has 0 saturated heterocycles. The van der Waals surface area contributed by atoms with E-state index < -0.39 is 19.5 Å². The standard InChI is InChI=1S/C28H44O2Si2/c1-20(2)27(6,7)31-29-18-23-12-10-14-25(16-23)22(5)26-15-11-13-24(17-26)19-30-32-28(8,9)21(3)4/h10-17,20-21H,5,18-19,31-32H2,1-4,6-9H3. The van der Waals surface area contributed by atoms with E-state index in [2.05, 4.69) is 110 Å². The largest absolute Gasteiger partial charge is 0.419 e. The molecule has 0 aliphatic rings. The van der Waals surface area contributed by atoms with Crippen molar-refractivity contribution in [2.45, 2.75) is 78.7 Å². The zero-order chi connectivity index (χ0) is 23.9. The second kappa shape index (κ2) is 11.6. The Morgan fingerprint density at radius 1 is 0.750 bits per heavy atom. The molecular weight excluding hydrogens is 424 g/mol. The van der Waals surface area contributed by atoms with Crippen molar-refractivity contribution in [3.05, 3.63) is 77.4 Å². The molecule has 0 atom stereocenters. The van der Waals surface area contributed by atoms with Gasteiger partial charge in [0.25, 0.3) is 0 Å². The summed E-state index contributed by atoms with van der Waals surface area (Å²) in [6.45, 7) is 24.2. The van der Waals surface area contributed by atoms with Crippen LogP contribution in [0.3, 0.4) is 0 Å². The summed E-state index contributed by atoms with van der Waals surface area (Å²) in [7, 11) is -1.19. The van der Waals surface area contributed by atoms with Crippen molar-refractivity contribution >= 4 is 25.1 Å². The van der Waals surface area contributed by atoms with Gasteiger partial charge in [-0.2, -0.15) is 0 Å². The third-order valence-corrected chi connectivity index (χ3v) is 11.1. The molecule has 4 heteroatoms. The maximum absolute atomic E-state index is 6.19. The highest BCUT2D eigenvalue weighted by molar-refractivity contribution is 6.32. The van der Waals surface area contributed by atoms with Crippen LogP contribution in [0.5, 0.6) is 0 Å². The molecule has 0 amide bonds. The molecule has 0 saturated carbocycles. The molecule has 0 bridgehead atoms. The fourth-order valence-corrected chi connectivity index (χ4v) is 5.46. The van der Waals surface area contributed by atoms with Crippen molar-refractivity contribution in [3.63, 3.8) is 0 Å². The van der Waals surface area contributed by atoms with Gasteiger partial charge in [0.1, 0.15) is 0 Å². The van der Waals surface area contributed by atoms with Crippen LogP contribution in [0.2, 0.25) is 10.1 Å². The van der Waals surface area contributed by atoms with Crippen LogP contribution >= 0.6 is 0 Å². The van der Waals surface area contributed by atoms with Crippen LogP contribution in [0.4, 0.5) is 0 Å². The molecule has 0 radical (unpaired) electrons. The maximum Gasteiger partial charge on any atom is 0.167 e. The Morgan fingerprint density at radius 2 is 1.12 bits per heavy atom. The van der Waals surface area contributed by atoms with Crippen LogP contribution in [0, 0.1) is 11.8 Å². The van der Waals surface area contributed by atoms with Gasteiger partial charge in [0, 0.05) is 0 Å². The Morgan fingerprint density at radius 3 is 1.47 bits per heavy atom. The van der Waals surface area contributed by atoms with E-state index in [1.807, 2.05) is 0 Å². The van der Waals surface area contributed by atoms with Gasteiger partial charge < -0.3 is 8.85 Å². The predicted octanol–water partition coefficient (Wildman–Crippen LogP) is 6.66. The minimum absolute atomic E-state index is 0.316. The second-order valence-electron chi connectivity index (χ2n) is 11.2. The summed E-state index contributed by atoms with van der Waals surface area (Å²) in [6.07, 6.45) is 0. The highest BCUT2D eigenvalue weighted by atomic mass is 28.2. The summed E-state index contributed by atoms with van der Waals surface area (Å²) in [4.78, 5) is 0. The molecule has 0 fully saturated rings. The molecule has 0 aliphatic carbocycles. The van der Waals surface area contributed by atoms with Crippen LogP contribution in [-0.4, -0.2) is 19.5 Å². The zero-order valence-electron chi connectivity index (χ0n) is 21.6. The minimum Gasteiger partial charge on any atom is -0.419 e. The highest BCUT2D eigenvalue weighted by Crippen LogP contribution is 2.34. The quantitative estimate of drug-likeness (QED) is 0.324. The maximum atomic E-state index is 6.19. The topological polar surface area (TPSA) is 18.5 Å². The highest BCUT2D eigenvalue weighted by Gasteiger charge is 2.24. The average molecular weight is 469 g/mol. The molecule has 0 heterocycles. The Balaban J connectivity index is 2.01. The van der Waals surface area contributed by atoms with Gasteiger partial charge in [-0.3, -0.25) is 0 Å². The summed E-state index contributed by atoms with van der Waals surface area (Å²) >= 11 is 0. The van der Waals surface area contributed by atoms with Gasteiger partial charge in [-0.1, -0.05) is 98.4 Å². The van der Waals surface area contributed by atoms with Gasteiger partial charge in [0.15, 0.2) is 19.5 Å². The molecule has 2 aromatic carbocycles. The average Bonchev–Trinajstić information content (AvgIpc) is 2.73. The Labute approximate surface area is 201 Å². The van der Waals surface area contributed by atoms with E-state index in [9.17, 15) is 0 Å². The molecule has 0 aromatic heterocycles. The van der Waals surface area contributed by atoms with E-state index in [1.54, 1.807) is 0 Å². The smallest absolute Gasteiger partial charge is 0.167 e. The lowest BCUT2D eigenvalue weighted by Crippen LogP contribution is -2.22. The van der Waals surface area contributed by atoms with Gasteiger partial charge in [-0.05, 0) is 61.9 Å². The molecule has 176 valence electrons. The van der Waals surface area contributed by atoms with Crippen molar-refractivity contribution in [1.82, 2.24) is 0 Å². The van der Waals surface area contributed by atoms with Crippen LogP contribution in [-0.2, 0) is 22.1 Å². The van der Waals surface area contributed by atoms with E-state index >= 15 is 0 Å². The third kappa shape index (κ3) is 7.84. The first kappa shape index (κ1) is 26.8. The van der Waals surface area contributed by atoms with Crippen molar-refractivity contribution in [2.75, 3.05) is 0 Å². The molecule has 2 rings (SSSR count). The van der Waals surface area contributed by atoms with E-state index in [-0.39, 0.29) is 0 Å².